The zero-order valence-electron chi connectivity index (χ0n) is 11.9. The first kappa shape index (κ1) is 16.0. The molecule has 0 radical (unpaired) electrons. The second-order valence-corrected chi connectivity index (χ2v) is 5.28. The average molecular weight is 369 g/mol. The van der Waals surface area contributed by atoms with Crippen molar-refractivity contribution >= 4 is 33.2 Å². The summed E-state index contributed by atoms with van der Waals surface area (Å²) in [6, 6.07) is 4.23. The number of methoxy groups -OCH3 is 1. The second-order valence-electron chi connectivity index (χ2n) is 4.42. The highest BCUT2D eigenvalue weighted by Crippen LogP contribution is 2.29. The molecular weight excluding hydrogens is 356 g/mol. The fourth-order valence-electron chi connectivity index (χ4n) is 1.80. The van der Waals surface area contributed by atoms with Crippen molar-refractivity contribution in [3.05, 3.63) is 44.7 Å². The summed E-state index contributed by atoms with van der Waals surface area (Å²) in [6.07, 6.45) is 1.58. The molecule has 8 nitrogen and oxygen atoms in total. The Hall–Kier alpha value is -2.42. The van der Waals surface area contributed by atoms with Crippen LogP contribution in [0.2, 0.25) is 0 Å². The molecule has 0 aliphatic carbocycles. The molecule has 1 amide bonds. The molecule has 0 atom stereocenters. The molecule has 0 saturated carbocycles. The van der Waals surface area contributed by atoms with E-state index in [4.69, 9.17) is 4.74 Å². The van der Waals surface area contributed by atoms with Crippen molar-refractivity contribution in [3.8, 4) is 5.75 Å². The number of rotatable bonds is 5. The quantitative estimate of drug-likeness (QED) is 0.645. The molecule has 1 aromatic carbocycles. The smallest absolute Gasteiger partial charge is 0.296 e. The number of anilines is 1. The molecule has 0 aliphatic rings. The highest BCUT2D eigenvalue weighted by Gasteiger charge is 2.18. The lowest BCUT2D eigenvalue weighted by molar-refractivity contribution is -0.384. The van der Waals surface area contributed by atoms with Crippen molar-refractivity contribution in [1.29, 1.82) is 0 Å². The number of halogens is 1. The molecule has 116 valence electrons. The molecule has 1 aromatic heterocycles. The predicted molar refractivity (Wildman–Crippen MR) is 82.9 cm³/mol. The molecule has 1 N–H and O–H groups in total. The molecule has 2 aromatic rings. The Bertz CT molecular complexity index is 729. The monoisotopic (exact) mass is 368 g/mol. The van der Waals surface area contributed by atoms with Gasteiger partial charge in [-0.15, -0.1) is 0 Å². The average Bonchev–Trinajstić information content (AvgIpc) is 2.79. The Balaban J connectivity index is 2.18. The van der Waals surface area contributed by atoms with Crippen LogP contribution in [-0.2, 0) is 11.3 Å². The molecule has 0 bridgehead atoms. The van der Waals surface area contributed by atoms with Gasteiger partial charge in [-0.25, -0.2) is 0 Å². The molecule has 2 rings (SSSR count). The zero-order chi connectivity index (χ0) is 16.3. The Kier molecular flexibility index (Phi) is 4.76. The number of amides is 1. The minimum atomic E-state index is -0.576. The number of benzene rings is 1. The highest BCUT2D eigenvalue weighted by molar-refractivity contribution is 9.10. The molecule has 0 saturated heterocycles. The van der Waals surface area contributed by atoms with Crippen molar-refractivity contribution in [3.63, 3.8) is 0 Å². The van der Waals surface area contributed by atoms with Gasteiger partial charge in [0.05, 0.1) is 34.5 Å². The van der Waals surface area contributed by atoms with Crippen molar-refractivity contribution in [2.75, 3.05) is 12.4 Å². The summed E-state index contributed by atoms with van der Waals surface area (Å²) in [5, 5.41) is 17.6. The minimum absolute atomic E-state index is 0.0411. The van der Waals surface area contributed by atoms with E-state index < -0.39 is 10.8 Å². The summed E-state index contributed by atoms with van der Waals surface area (Å²) in [5.41, 5.74) is 0.671. The van der Waals surface area contributed by atoms with Crippen molar-refractivity contribution in [2.45, 2.75) is 13.5 Å². The van der Waals surface area contributed by atoms with Crippen molar-refractivity contribution in [2.24, 2.45) is 0 Å². The first-order valence-electron chi connectivity index (χ1n) is 6.22. The number of hydrogen-bond acceptors (Lipinski definition) is 5. The first-order valence-corrected chi connectivity index (χ1v) is 7.02. The van der Waals surface area contributed by atoms with Gasteiger partial charge in [-0.2, -0.15) is 5.10 Å². The summed E-state index contributed by atoms with van der Waals surface area (Å²) in [5.74, 6) is -0.0662. The van der Waals surface area contributed by atoms with Crippen LogP contribution in [0.3, 0.4) is 0 Å². The van der Waals surface area contributed by atoms with Crippen LogP contribution in [0.4, 0.5) is 11.4 Å². The normalized spacial score (nSPS) is 10.3. The number of carbonyl (C=O) groups is 1. The van der Waals surface area contributed by atoms with Crippen LogP contribution in [0.25, 0.3) is 0 Å². The maximum Gasteiger partial charge on any atom is 0.296 e. The van der Waals surface area contributed by atoms with Gasteiger partial charge in [0.15, 0.2) is 0 Å². The SMILES string of the molecule is COc1ccc(NC(=O)Cn2ncc(Br)c2C)c([N+](=O)[O-])c1. The van der Waals surface area contributed by atoms with Crippen LogP contribution in [-0.4, -0.2) is 27.7 Å². The highest BCUT2D eigenvalue weighted by atomic mass is 79.9. The van der Waals surface area contributed by atoms with Gasteiger partial charge in [0.2, 0.25) is 5.91 Å². The molecular formula is C13H13BrN4O4. The third-order valence-electron chi connectivity index (χ3n) is 3.01. The Morgan fingerprint density at radius 2 is 2.27 bits per heavy atom. The fourth-order valence-corrected chi connectivity index (χ4v) is 2.10. The van der Waals surface area contributed by atoms with E-state index in [0.29, 0.717) is 5.75 Å². The number of ether oxygens (including phenoxy) is 1. The van der Waals surface area contributed by atoms with Crippen molar-refractivity contribution < 1.29 is 14.5 Å². The molecule has 22 heavy (non-hydrogen) atoms. The largest absolute Gasteiger partial charge is 0.496 e. The minimum Gasteiger partial charge on any atom is -0.496 e. The number of aromatic nitrogens is 2. The topological polar surface area (TPSA) is 99.3 Å². The summed E-state index contributed by atoms with van der Waals surface area (Å²) >= 11 is 3.30. The number of carbonyl (C=O) groups excluding carboxylic acids is 1. The molecule has 9 heteroatoms. The Morgan fingerprint density at radius 3 is 2.82 bits per heavy atom. The van der Waals surface area contributed by atoms with E-state index in [0.717, 1.165) is 10.2 Å². The third-order valence-corrected chi connectivity index (χ3v) is 3.79. The van der Waals surface area contributed by atoms with Gasteiger partial charge < -0.3 is 10.1 Å². The van der Waals surface area contributed by atoms with Crippen LogP contribution >= 0.6 is 15.9 Å². The second kappa shape index (κ2) is 6.56. The summed E-state index contributed by atoms with van der Waals surface area (Å²) in [4.78, 5) is 22.5. The summed E-state index contributed by atoms with van der Waals surface area (Å²) in [7, 11) is 1.41. The molecule has 0 spiro atoms. The van der Waals surface area contributed by atoms with Gasteiger partial charge in [0, 0.05) is 0 Å². The molecule has 0 fully saturated rings. The molecule has 1 heterocycles. The Labute approximate surface area is 134 Å². The number of nitrogens with one attached hydrogen (secondary N) is 1. The van der Waals surface area contributed by atoms with Crippen LogP contribution in [0, 0.1) is 17.0 Å². The van der Waals surface area contributed by atoms with E-state index in [1.54, 1.807) is 19.2 Å². The van der Waals surface area contributed by atoms with Gasteiger partial charge in [0.25, 0.3) is 5.69 Å². The van der Waals surface area contributed by atoms with E-state index in [2.05, 4.69) is 26.3 Å². The van der Waals surface area contributed by atoms with E-state index >= 15 is 0 Å². The third kappa shape index (κ3) is 3.42. The van der Waals surface area contributed by atoms with Gasteiger partial charge in [0.1, 0.15) is 18.0 Å². The van der Waals surface area contributed by atoms with Gasteiger partial charge in [-0.1, -0.05) is 0 Å². The maximum absolute atomic E-state index is 12.0. The number of nitrogens with zero attached hydrogens (tertiary/aromatic N) is 3. The zero-order valence-corrected chi connectivity index (χ0v) is 13.5. The lowest BCUT2D eigenvalue weighted by atomic mass is 10.2. The number of nitro groups is 1. The molecule has 0 aliphatic heterocycles. The van der Waals surface area contributed by atoms with E-state index in [1.807, 2.05) is 0 Å². The number of nitro benzene ring substituents is 1. The lowest BCUT2D eigenvalue weighted by Crippen LogP contribution is -2.20. The van der Waals surface area contributed by atoms with E-state index in [9.17, 15) is 14.9 Å². The first-order chi connectivity index (χ1) is 10.4. The summed E-state index contributed by atoms with van der Waals surface area (Å²) < 4.78 is 7.23. The standard InChI is InChI=1S/C13H13BrN4O4/c1-8-10(14)6-15-17(8)7-13(19)16-11-4-3-9(22-2)5-12(11)18(20)21/h3-6H,7H2,1-2H3,(H,16,19). The van der Waals surface area contributed by atoms with E-state index in [-0.39, 0.29) is 17.9 Å². The number of hydrogen-bond donors (Lipinski definition) is 1. The van der Waals surface area contributed by atoms with Gasteiger partial charge in [-0.05, 0) is 35.0 Å². The van der Waals surface area contributed by atoms with Crippen molar-refractivity contribution in [1.82, 2.24) is 9.78 Å². The Morgan fingerprint density at radius 1 is 1.55 bits per heavy atom. The fraction of sp³-hybridized carbons (Fsp3) is 0.231. The maximum atomic E-state index is 12.0. The molecule has 0 unspecified atom stereocenters. The predicted octanol–water partition coefficient (Wildman–Crippen LogP) is 2.51. The van der Waals surface area contributed by atoms with Crippen LogP contribution in [0.5, 0.6) is 5.75 Å². The summed E-state index contributed by atoms with van der Waals surface area (Å²) in [6.45, 7) is 1.76. The lowest BCUT2D eigenvalue weighted by Gasteiger charge is -2.08. The van der Waals surface area contributed by atoms with Gasteiger partial charge >= 0.3 is 0 Å². The van der Waals surface area contributed by atoms with Crippen LogP contribution in [0.15, 0.2) is 28.9 Å². The van der Waals surface area contributed by atoms with Crippen LogP contribution in [0.1, 0.15) is 5.69 Å². The van der Waals surface area contributed by atoms with Crippen LogP contribution < -0.4 is 10.1 Å². The van der Waals surface area contributed by atoms with Gasteiger partial charge in [-0.3, -0.25) is 19.6 Å². The van der Waals surface area contributed by atoms with E-state index in [1.165, 1.54) is 23.9 Å².